The summed E-state index contributed by atoms with van der Waals surface area (Å²) in [5.41, 5.74) is 4.53. The molecule has 1 amide bonds. The number of hydrogen-bond acceptors (Lipinski definition) is 5. The Labute approximate surface area is 206 Å². The average molecular weight is 475 g/mol. The van der Waals surface area contributed by atoms with Crippen LogP contribution >= 0.6 is 0 Å². The van der Waals surface area contributed by atoms with Gasteiger partial charge in [0.05, 0.1) is 19.8 Å². The van der Waals surface area contributed by atoms with Gasteiger partial charge in [-0.1, -0.05) is 12.5 Å². The summed E-state index contributed by atoms with van der Waals surface area (Å²) < 4.78 is 5.49. The molecular weight excluding hydrogens is 440 g/mol. The maximum absolute atomic E-state index is 13.0. The van der Waals surface area contributed by atoms with Crippen LogP contribution in [-0.2, 0) is 16.8 Å². The van der Waals surface area contributed by atoms with E-state index in [1.54, 1.807) is 13.3 Å². The summed E-state index contributed by atoms with van der Waals surface area (Å²) in [6.07, 6.45) is 8.84. The van der Waals surface area contributed by atoms with Gasteiger partial charge in [0.15, 0.2) is 0 Å². The van der Waals surface area contributed by atoms with E-state index in [4.69, 9.17) is 4.74 Å². The molecule has 3 aliphatic rings. The first-order chi connectivity index (χ1) is 17.1. The number of pyridine rings is 1. The topological polar surface area (TPSA) is 81.7 Å². The van der Waals surface area contributed by atoms with Crippen molar-refractivity contribution in [3.8, 4) is 5.75 Å². The van der Waals surface area contributed by atoms with Crippen molar-refractivity contribution in [1.82, 2.24) is 19.8 Å². The van der Waals surface area contributed by atoms with E-state index in [9.17, 15) is 9.90 Å². The molecule has 4 heterocycles. The number of aromatic nitrogens is 2. The number of nitrogens with zero attached hydrogens (tertiary/aromatic N) is 3. The summed E-state index contributed by atoms with van der Waals surface area (Å²) in [4.78, 5) is 25.5. The molecule has 35 heavy (non-hydrogen) atoms. The van der Waals surface area contributed by atoms with Crippen molar-refractivity contribution < 1.29 is 14.6 Å². The van der Waals surface area contributed by atoms with Crippen LogP contribution < -0.4 is 4.74 Å². The lowest BCUT2D eigenvalue weighted by Gasteiger charge is -2.50. The summed E-state index contributed by atoms with van der Waals surface area (Å²) in [7, 11) is 1.69. The van der Waals surface area contributed by atoms with Crippen molar-refractivity contribution in [3.05, 3.63) is 59.5 Å². The SMILES string of the molecule is COc1ccc2c3c([nH]c2c1)C(CO)N(Cc1cccnc1)CC31CCN(C(=O)C2CCC2)CC1. The van der Waals surface area contributed by atoms with Crippen molar-refractivity contribution in [2.45, 2.75) is 50.1 Å². The molecular formula is C28H34N4O3. The number of H-pyrrole nitrogens is 1. The number of hydrogen-bond donors (Lipinski definition) is 2. The highest BCUT2D eigenvalue weighted by atomic mass is 16.5. The molecule has 2 aliphatic heterocycles. The van der Waals surface area contributed by atoms with E-state index in [1.807, 2.05) is 18.3 Å². The maximum atomic E-state index is 13.0. The molecule has 2 fully saturated rings. The number of aliphatic hydroxyl groups is 1. The molecule has 1 atom stereocenters. The van der Waals surface area contributed by atoms with Gasteiger partial charge in [0, 0.05) is 72.6 Å². The Bertz CT molecular complexity index is 1210. The van der Waals surface area contributed by atoms with Crippen LogP contribution in [-0.4, -0.2) is 64.1 Å². The number of amides is 1. The largest absolute Gasteiger partial charge is 0.497 e. The molecule has 0 bridgehead atoms. The fraction of sp³-hybridized carbons (Fsp3) is 0.500. The lowest BCUT2D eigenvalue weighted by atomic mass is 9.68. The highest BCUT2D eigenvalue weighted by Gasteiger charge is 2.48. The molecule has 1 unspecified atom stereocenters. The third-order valence-electron chi connectivity index (χ3n) is 8.61. The van der Waals surface area contributed by atoms with Gasteiger partial charge in [0.1, 0.15) is 5.75 Å². The Morgan fingerprint density at radius 3 is 2.74 bits per heavy atom. The molecule has 7 heteroatoms. The molecule has 1 saturated carbocycles. The average Bonchev–Trinajstić information content (AvgIpc) is 3.23. The predicted molar refractivity (Wildman–Crippen MR) is 134 cm³/mol. The molecule has 0 radical (unpaired) electrons. The molecule has 1 aliphatic carbocycles. The summed E-state index contributed by atoms with van der Waals surface area (Å²) >= 11 is 0. The Morgan fingerprint density at radius 2 is 2.09 bits per heavy atom. The lowest BCUT2D eigenvalue weighted by Crippen LogP contribution is -2.55. The van der Waals surface area contributed by atoms with Gasteiger partial charge in [-0.2, -0.15) is 0 Å². The monoisotopic (exact) mass is 474 g/mol. The van der Waals surface area contributed by atoms with Crippen molar-refractivity contribution >= 4 is 16.8 Å². The smallest absolute Gasteiger partial charge is 0.225 e. The summed E-state index contributed by atoms with van der Waals surface area (Å²) in [5, 5.41) is 11.8. The van der Waals surface area contributed by atoms with Gasteiger partial charge in [-0.15, -0.1) is 0 Å². The second-order valence-corrected chi connectivity index (χ2v) is 10.5. The minimum Gasteiger partial charge on any atom is -0.497 e. The third-order valence-corrected chi connectivity index (χ3v) is 8.61. The number of carbonyl (C=O) groups is 1. The quantitative estimate of drug-likeness (QED) is 0.588. The number of benzene rings is 1. The number of aliphatic hydroxyl groups excluding tert-OH is 1. The number of piperidine rings is 1. The first-order valence-electron chi connectivity index (χ1n) is 12.8. The van der Waals surface area contributed by atoms with Crippen LogP contribution in [0.3, 0.4) is 0 Å². The fourth-order valence-corrected chi connectivity index (χ4v) is 6.48. The van der Waals surface area contributed by atoms with Crippen LogP contribution in [0, 0.1) is 5.92 Å². The lowest BCUT2D eigenvalue weighted by molar-refractivity contribution is -0.140. The van der Waals surface area contributed by atoms with E-state index in [2.05, 4.69) is 38.0 Å². The van der Waals surface area contributed by atoms with Gasteiger partial charge in [0.2, 0.25) is 5.91 Å². The van der Waals surface area contributed by atoms with Crippen LogP contribution in [0.4, 0.5) is 0 Å². The number of nitrogens with one attached hydrogen (secondary N) is 1. The molecule has 6 rings (SSSR count). The Kier molecular flexibility index (Phi) is 5.77. The van der Waals surface area contributed by atoms with E-state index in [0.29, 0.717) is 5.91 Å². The third kappa shape index (κ3) is 3.81. The molecule has 1 spiro atoms. The zero-order valence-corrected chi connectivity index (χ0v) is 20.4. The Hall–Kier alpha value is -2.90. The van der Waals surface area contributed by atoms with Crippen LogP contribution in [0.2, 0.25) is 0 Å². The van der Waals surface area contributed by atoms with Crippen molar-refractivity contribution in [3.63, 3.8) is 0 Å². The van der Waals surface area contributed by atoms with Gasteiger partial charge in [-0.25, -0.2) is 0 Å². The van der Waals surface area contributed by atoms with Crippen molar-refractivity contribution in [2.24, 2.45) is 5.92 Å². The summed E-state index contributed by atoms with van der Waals surface area (Å²) in [6, 6.07) is 10.2. The fourth-order valence-electron chi connectivity index (χ4n) is 6.48. The number of methoxy groups -OCH3 is 1. The van der Waals surface area contributed by atoms with E-state index in [0.717, 1.165) is 74.4 Å². The molecule has 3 aromatic rings. The molecule has 1 aromatic carbocycles. The molecule has 7 nitrogen and oxygen atoms in total. The van der Waals surface area contributed by atoms with Gasteiger partial charge < -0.3 is 19.7 Å². The van der Waals surface area contributed by atoms with E-state index >= 15 is 0 Å². The van der Waals surface area contributed by atoms with Crippen molar-refractivity contribution in [2.75, 3.05) is 33.4 Å². The summed E-state index contributed by atoms with van der Waals surface area (Å²) in [6.45, 7) is 3.21. The van der Waals surface area contributed by atoms with E-state index in [1.165, 1.54) is 17.4 Å². The zero-order chi connectivity index (χ0) is 24.0. The number of ether oxygens (including phenoxy) is 1. The standard InChI is InChI=1S/C28H34N4O3/c1-35-21-7-8-22-23(14-21)30-26-24(17-33)32(16-19-4-3-11-29-15-19)18-28(25(22)26)9-12-31(13-10-28)27(34)20-5-2-6-20/h3-4,7-8,11,14-15,20,24,30,33H,2,5-6,9-10,12-13,16-18H2,1H3. The van der Waals surface area contributed by atoms with Crippen LogP contribution in [0.5, 0.6) is 5.75 Å². The van der Waals surface area contributed by atoms with Crippen LogP contribution in [0.1, 0.15) is 55.0 Å². The minimum atomic E-state index is -0.121. The number of carbonyl (C=O) groups excluding carboxylic acids is 1. The van der Waals surface area contributed by atoms with Gasteiger partial charge in [-0.05, 0) is 55.0 Å². The van der Waals surface area contributed by atoms with Crippen LogP contribution in [0.15, 0.2) is 42.7 Å². The summed E-state index contributed by atoms with van der Waals surface area (Å²) in [5.74, 6) is 1.41. The highest BCUT2D eigenvalue weighted by molar-refractivity contribution is 5.88. The first-order valence-corrected chi connectivity index (χ1v) is 12.8. The molecule has 2 aromatic heterocycles. The van der Waals surface area contributed by atoms with Gasteiger partial charge >= 0.3 is 0 Å². The normalized spacial score (nSPS) is 22.2. The molecule has 1 saturated heterocycles. The number of rotatable bonds is 5. The Balaban J connectivity index is 1.39. The Morgan fingerprint density at radius 1 is 1.26 bits per heavy atom. The molecule has 2 N–H and O–H groups in total. The number of fused-ring (bicyclic) bond motifs is 4. The van der Waals surface area contributed by atoms with E-state index < -0.39 is 0 Å². The zero-order valence-electron chi connectivity index (χ0n) is 20.4. The van der Waals surface area contributed by atoms with E-state index in [-0.39, 0.29) is 24.0 Å². The van der Waals surface area contributed by atoms with Gasteiger partial charge in [0.25, 0.3) is 0 Å². The number of aromatic amines is 1. The van der Waals surface area contributed by atoms with Crippen LogP contribution in [0.25, 0.3) is 10.9 Å². The second kappa shape index (κ2) is 8.95. The van der Waals surface area contributed by atoms with Crippen molar-refractivity contribution in [1.29, 1.82) is 0 Å². The number of likely N-dealkylation sites (tertiary alicyclic amines) is 1. The first kappa shape index (κ1) is 22.6. The van der Waals surface area contributed by atoms with Gasteiger partial charge in [-0.3, -0.25) is 14.7 Å². The maximum Gasteiger partial charge on any atom is 0.225 e. The molecule has 184 valence electrons. The highest BCUT2D eigenvalue weighted by Crippen LogP contribution is 2.49. The predicted octanol–water partition coefficient (Wildman–Crippen LogP) is 3.78. The second-order valence-electron chi connectivity index (χ2n) is 10.5. The minimum absolute atomic E-state index is 0.0413.